The number of hydrogen-bond donors (Lipinski definition) is 2. The van der Waals surface area contributed by atoms with Crippen molar-refractivity contribution in [3.63, 3.8) is 0 Å². The predicted octanol–water partition coefficient (Wildman–Crippen LogP) is 3.67. The Morgan fingerprint density at radius 3 is 2.94 bits per heavy atom. The number of likely N-dealkylation sites (N-methyl/N-ethyl adjacent to an activating group) is 1. The van der Waals surface area contributed by atoms with Crippen LogP contribution in [0.2, 0.25) is 0 Å². The normalized spacial score (nSPS) is 19.9. The zero-order chi connectivity index (χ0) is 24.0. The molecule has 0 unspecified atom stereocenters. The van der Waals surface area contributed by atoms with Gasteiger partial charge in [-0.25, -0.2) is 0 Å². The first-order valence-electron chi connectivity index (χ1n) is 12.1. The van der Waals surface area contributed by atoms with E-state index in [9.17, 15) is 9.59 Å². The molecule has 1 fully saturated rings. The summed E-state index contributed by atoms with van der Waals surface area (Å²) in [5, 5.41) is 8.98. The van der Waals surface area contributed by atoms with Gasteiger partial charge in [-0.2, -0.15) is 5.10 Å². The highest BCUT2D eigenvalue weighted by molar-refractivity contribution is 5.99. The molecule has 1 aliphatic carbocycles. The summed E-state index contributed by atoms with van der Waals surface area (Å²) in [6.07, 6.45) is 3.12. The molecular weight excluding hydrogens is 430 g/mol. The molecule has 34 heavy (non-hydrogen) atoms. The summed E-state index contributed by atoms with van der Waals surface area (Å²) in [4.78, 5) is 32.1. The van der Waals surface area contributed by atoms with Gasteiger partial charge in [-0.3, -0.25) is 14.7 Å². The smallest absolute Gasteiger partial charge is 0.249 e. The maximum absolute atomic E-state index is 13.1. The lowest BCUT2D eigenvalue weighted by atomic mass is 9.76. The molecule has 2 N–H and O–H groups in total. The molecule has 180 valence electrons. The number of H-pyrrole nitrogens is 2. The Morgan fingerprint density at radius 1 is 1.32 bits per heavy atom. The molecule has 2 aliphatic rings. The Kier molecular flexibility index (Phi) is 5.72. The number of anilines is 1. The van der Waals surface area contributed by atoms with Crippen LogP contribution >= 0.6 is 0 Å². The van der Waals surface area contributed by atoms with Gasteiger partial charge in [-0.1, -0.05) is 19.9 Å². The number of carbonyl (C=O) groups is 2. The summed E-state index contributed by atoms with van der Waals surface area (Å²) in [6.45, 7) is 9.52. The minimum atomic E-state index is -0.141. The zero-order valence-electron chi connectivity index (χ0n) is 20.4. The second kappa shape index (κ2) is 8.58. The van der Waals surface area contributed by atoms with Gasteiger partial charge in [-0.05, 0) is 56.7 Å². The van der Waals surface area contributed by atoms with Gasteiger partial charge in [0.2, 0.25) is 11.8 Å². The molecule has 5 rings (SSSR count). The van der Waals surface area contributed by atoms with Crippen LogP contribution in [-0.4, -0.2) is 64.2 Å². The monoisotopic (exact) mass is 463 g/mol. The van der Waals surface area contributed by atoms with Crippen LogP contribution in [0.25, 0.3) is 22.3 Å². The first kappa shape index (κ1) is 22.7. The van der Waals surface area contributed by atoms with Crippen molar-refractivity contribution in [2.45, 2.75) is 53.1 Å². The standard InChI is InChI=1S/C26H33N5O3/c1-5-31(23(32)14-30-13-16(2)34-15-24(30)33)18-7-6-17-10-21(27-20(17)11-18)25-19-8-9-26(3,4)12-22(19)28-29-25/h6-7,10-11,16,27H,5,8-9,12-15H2,1-4H3,(H,28,29)/t16-/m0/s1. The van der Waals surface area contributed by atoms with Gasteiger partial charge in [-0.15, -0.1) is 0 Å². The van der Waals surface area contributed by atoms with E-state index in [-0.39, 0.29) is 31.1 Å². The summed E-state index contributed by atoms with van der Waals surface area (Å²) < 4.78 is 5.37. The predicted molar refractivity (Wildman–Crippen MR) is 132 cm³/mol. The number of rotatable bonds is 5. The van der Waals surface area contributed by atoms with Gasteiger partial charge in [0.05, 0.1) is 11.8 Å². The Labute approximate surface area is 199 Å². The number of amides is 2. The first-order chi connectivity index (χ1) is 16.2. The fraction of sp³-hybridized carbons (Fsp3) is 0.500. The first-order valence-corrected chi connectivity index (χ1v) is 12.1. The summed E-state index contributed by atoms with van der Waals surface area (Å²) >= 11 is 0. The van der Waals surface area contributed by atoms with Gasteiger partial charge in [0.15, 0.2) is 0 Å². The van der Waals surface area contributed by atoms with E-state index in [0.717, 1.165) is 47.2 Å². The van der Waals surface area contributed by atoms with Crippen LogP contribution in [0, 0.1) is 5.41 Å². The fourth-order valence-corrected chi connectivity index (χ4v) is 5.15. The van der Waals surface area contributed by atoms with E-state index >= 15 is 0 Å². The van der Waals surface area contributed by atoms with Crippen molar-refractivity contribution in [3.8, 4) is 11.4 Å². The number of benzene rings is 1. The molecule has 3 heterocycles. The quantitative estimate of drug-likeness (QED) is 0.604. The molecule has 3 aromatic rings. The molecule has 0 bridgehead atoms. The van der Waals surface area contributed by atoms with Gasteiger partial charge < -0.3 is 19.5 Å². The molecule has 2 amide bonds. The lowest BCUT2D eigenvalue weighted by Crippen LogP contribution is -2.50. The minimum Gasteiger partial charge on any atom is -0.367 e. The lowest BCUT2D eigenvalue weighted by Gasteiger charge is -2.32. The zero-order valence-corrected chi connectivity index (χ0v) is 20.4. The van der Waals surface area contributed by atoms with E-state index in [2.05, 4.69) is 35.1 Å². The van der Waals surface area contributed by atoms with Crippen LogP contribution in [0.4, 0.5) is 5.69 Å². The maximum Gasteiger partial charge on any atom is 0.249 e. The minimum absolute atomic E-state index is 0.0339. The SMILES string of the molecule is CCN(C(=O)CN1C[C@H](C)OCC1=O)c1ccc2cc(-c3n[nH]c4c3CCC(C)(C)C4)[nH]c2c1. The fourth-order valence-electron chi connectivity index (χ4n) is 5.15. The highest BCUT2D eigenvalue weighted by atomic mass is 16.5. The van der Waals surface area contributed by atoms with Crippen LogP contribution < -0.4 is 4.90 Å². The number of nitrogens with zero attached hydrogens (tertiary/aromatic N) is 3. The number of carbonyl (C=O) groups excluding carboxylic acids is 2. The van der Waals surface area contributed by atoms with E-state index in [0.29, 0.717) is 18.5 Å². The molecule has 8 nitrogen and oxygen atoms in total. The maximum atomic E-state index is 13.1. The molecule has 8 heteroatoms. The number of morpholine rings is 1. The average molecular weight is 464 g/mol. The van der Waals surface area contributed by atoms with Crippen LogP contribution in [-0.2, 0) is 27.2 Å². The molecule has 1 aromatic carbocycles. The summed E-state index contributed by atoms with van der Waals surface area (Å²) in [5.74, 6) is -0.238. The molecular formula is C26H33N5O3. The van der Waals surface area contributed by atoms with E-state index < -0.39 is 0 Å². The van der Waals surface area contributed by atoms with Crippen molar-refractivity contribution in [2.24, 2.45) is 5.41 Å². The Balaban J connectivity index is 1.39. The number of hydrogen-bond acceptors (Lipinski definition) is 4. The van der Waals surface area contributed by atoms with Crippen molar-refractivity contribution in [1.29, 1.82) is 0 Å². The van der Waals surface area contributed by atoms with Gasteiger partial charge >= 0.3 is 0 Å². The van der Waals surface area contributed by atoms with Crippen molar-refractivity contribution in [2.75, 3.05) is 31.1 Å². The molecule has 0 spiro atoms. The number of ether oxygens (including phenoxy) is 1. The third kappa shape index (κ3) is 4.22. The Hall–Kier alpha value is -3.13. The molecule has 0 radical (unpaired) electrons. The number of aromatic amines is 2. The number of nitrogens with one attached hydrogen (secondary N) is 2. The van der Waals surface area contributed by atoms with Crippen molar-refractivity contribution < 1.29 is 14.3 Å². The van der Waals surface area contributed by atoms with Crippen molar-refractivity contribution in [1.82, 2.24) is 20.1 Å². The largest absolute Gasteiger partial charge is 0.367 e. The molecule has 1 saturated heterocycles. The lowest BCUT2D eigenvalue weighted by molar-refractivity contribution is -0.150. The highest BCUT2D eigenvalue weighted by Gasteiger charge is 2.30. The molecule has 1 aliphatic heterocycles. The van der Waals surface area contributed by atoms with Gasteiger partial charge in [0, 0.05) is 40.9 Å². The Morgan fingerprint density at radius 2 is 2.15 bits per heavy atom. The third-order valence-electron chi connectivity index (χ3n) is 7.10. The topological polar surface area (TPSA) is 94.3 Å². The van der Waals surface area contributed by atoms with Crippen LogP contribution in [0.3, 0.4) is 0 Å². The van der Waals surface area contributed by atoms with Crippen LogP contribution in [0.15, 0.2) is 24.3 Å². The van der Waals surface area contributed by atoms with Gasteiger partial charge in [0.25, 0.3) is 0 Å². The van der Waals surface area contributed by atoms with Crippen molar-refractivity contribution >= 4 is 28.4 Å². The Bertz CT molecular complexity index is 1240. The van der Waals surface area contributed by atoms with Crippen LogP contribution in [0.1, 0.15) is 45.4 Å². The highest BCUT2D eigenvalue weighted by Crippen LogP contribution is 2.38. The average Bonchev–Trinajstić information content (AvgIpc) is 3.39. The van der Waals surface area contributed by atoms with E-state index in [1.54, 1.807) is 9.80 Å². The van der Waals surface area contributed by atoms with E-state index in [1.807, 2.05) is 32.0 Å². The van der Waals surface area contributed by atoms with Gasteiger partial charge in [0.1, 0.15) is 18.8 Å². The third-order valence-corrected chi connectivity index (χ3v) is 7.10. The van der Waals surface area contributed by atoms with E-state index in [4.69, 9.17) is 4.74 Å². The number of aromatic nitrogens is 3. The molecule has 0 saturated carbocycles. The van der Waals surface area contributed by atoms with Crippen molar-refractivity contribution in [3.05, 3.63) is 35.5 Å². The molecule has 1 atom stereocenters. The summed E-state index contributed by atoms with van der Waals surface area (Å²) in [6, 6.07) is 8.13. The second-order valence-electron chi connectivity index (χ2n) is 10.4. The van der Waals surface area contributed by atoms with E-state index in [1.165, 1.54) is 11.3 Å². The summed E-state index contributed by atoms with van der Waals surface area (Å²) in [7, 11) is 0. The number of fused-ring (bicyclic) bond motifs is 2. The molecule has 2 aromatic heterocycles. The summed E-state index contributed by atoms with van der Waals surface area (Å²) in [5.41, 5.74) is 6.60. The second-order valence-corrected chi connectivity index (χ2v) is 10.4. The van der Waals surface area contributed by atoms with Crippen LogP contribution in [0.5, 0.6) is 0 Å².